The van der Waals surface area contributed by atoms with Crippen LogP contribution in [0.25, 0.3) is 5.57 Å². The van der Waals surface area contributed by atoms with Gasteiger partial charge in [-0.05, 0) is 55.7 Å². The van der Waals surface area contributed by atoms with Gasteiger partial charge in [0, 0.05) is 17.8 Å². The maximum absolute atomic E-state index is 5.93. The van der Waals surface area contributed by atoms with E-state index >= 15 is 0 Å². The van der Waals surface area contributed by atoms with Crippen LogP contribution in [0.2, 0.25) is 0 Å². The zero-order valence-corrected chi connectivity index (χ0v) is 18.3. The van der Waals surface area contributed by atoms with E-state index in [0.717, 1.165) is 46.1 Å². The molecule has 0 fully saturated rings. The number of hydrogen-bond donors (Lipinski definition) is 1. The molecule has 0 radical (unpaired) electrons. The van der Waals surface area contributed by atoms with Crippen molar-refractivity contribution in [3.8, 4) is 11.5 Å². The number of aryl methyl sites for hydroxylation is 1. The third-order valence-electron chi connectivity index (χ3n) is 3.88. The lowest BCUT2D eigenvalue weighted by atomic mass is 10.1. The first-order valence-corrected chi connectivity index (χ1v) is 9.66. The fraction of sp³-hybridized carbons (Fsp3) is 0.381. The minimum Gasteiger partial charge on any atom is -0.493 e. The van der Waals surface area contributed by atoms with Crippen molar-refractivity contribution in [1.29, 1.82) is 0 Å². The third kappa shape index (κ3) is 6.64. The van der Waals surface area contributed by atoms with Gasteiger partial charge in [0.1, 0.15) is 10.3 Å². The number of allylic oxidation sites excluding steroid dienone is 1. The second kappa shape index (κ2) is 11.7. The molecule has 0 saturated heterocycles. The predicted molar refractivity (Wildman–Crippen MR) is 116 cm³/mol. The molecule has 0 atom stereocenters. The van der Waals surface area contributed by atoms with Crippen molar-refractivity contribution < 1.29 is 9.47 Å². The highest BCUT2D eigenvalue weighted by atomic mass is 35.5. The van der Waals surface area contributed by atoms with Gasteiger partial charge in [0.15, 0.2) is 11.5 Å². The van der Waals surface area contributed by atoms with E-state index in [4.69, 9.17) is 32.7 Å². The van der Waals surface area contributed by atoms with Crippen LogP contribution in [0.5, 0.6) is 11.5 Å². The van der Waals surface area contributed by atoms with Gasteiger partial charge >= 0.3 is 0 Å². The van der Waals surface area contributed by atoms with Gasteiger partial charge in [0.05, 0.1) is 14.2 Å². The summed E-state index contributed by atoms with van der Waals surface area (Å²) < 4.78 is 10.8. The molecule has 0 bridgehead atoms. The van der Waals surface area contributed by atoms with Crippen LogP contribution < -0.4 is 14.8 Å². The molecule has 1 aromatic carbocycles. The number of ether oxygens (including phenoxy) is 2. The van der Waals surface area contributed by atoms with Gasteiger partial charge in [-0.25, -0.2) is 4.98 Å². The number of rotatable bonds is 7. The first kappa shape index (κ1) is 23.1. The van der Waals surface area contributed by atoms with E-state index in [1.165, 1.54) is 0 Å². The van der Waals surface area contributed by atoms with Crippen LogP contribution in [0.1, 0.15) is 37.6 Å². The van der Waals surface area contributed by atoms with Gasteiger partial charge < -0.3 is 14.8 Å². The Labute approximate surface area is 172 Å². The molecule has 148 valence electrons. The van der Waals surface area contributed by atoms with E-state index in [1.807, 2.05) is 58.0 Å². The number of aromatic nitrogens is 1. The largest absolute Gasteiger partial charge is 0.493 e. The Kier molecular flexibility index (Phi) is 10.0. The second-order valence-electron chi connectivity index (χ2n) is 5.60. The Hall–Kier alpha value is -1.91. The predicted octanol–water partition coefficient (Wildman–Crippen LogP) is 6.25. The van der Waals surface area contributed by atoms with Crippen LogP contribution in [0.15, 0.2) is 34.8 Å². The molecule has 0 unspecified atom stereocenters. The Bertz CT molecular complexity index is 773. The molecule has 2 rings (SSSR count). The molecule has 0 saturated carbocycles. The van der Waals surface area contributed by atoms with Crippen molar-refractivity contribution in [2.45, 2.75) is 34.1 Å². The normalized spacial score (nSPS) is 9.78. The number of nitrogens with zero attached hydrogens (tertiary/aromatic N) is 1. The van der Waals surface area contributed by atoms with Crippen LogP contribution in [-0.2, 0) is 6.42 Å². The van der Waals surface area contributed by atoms with Crippen molar-refractivity contribution in [1.82, 2.24) is 4.98 Å². The molecule has 0 amide bonds. The van der Waals surface area contributed by atoms with Gasteiger partial charge in [0.2, 0.25) is 0 Å². The molecule has 4 nitrogen and oxygen atoms in total. The average Bonchev–Trinajstić information content (AvgIpc) is 2.69. The zero-order chi connectivity index (χ0) is 20.4. The second-order valence-corrected chi connectivity index (χ2v) is 6.55. The SMILES string of the molecule is CC.COc1ccc(CCNc2nc(C)ccc2C(C)=C(Cl)Cl)cc1OC. The standard InChI is InChI=1S/C19H22Cl2N2O2.C2H6/c1-12-5-7-15(13(2)18(20)21)19(23-12)22-10-9-14-6-8-16(24-3)17(11-14)25-4;1-2/h5-8,11H,9-10H2,1-4H3,(H,22,23);1-2H3. The van der Waals surface area contributed by atoms with Crippen LogP contribution in [0.3, 0.4) is 0 Å². The van der Waals surface area contributed by atoms with E-state index in [2.05, 4.69) is 10.3 Å². The van der Waals surface area contributed by atoms with Crippen molar-refractivity contribution in [3.63, 3.8) is 0 Å². The zero-order valence-electron chi connectivity index (χ0n) is 16.8. The smallest absolute Gasteiger partial charge is 0.160 e. The van der Waals surface area contributed by atoms with E-state index in [0.29, 0.717) is 6.54 Å². The maximum atomic E-state index is 5.93. The number of pyridine rings is 1. The first-order valence-electron chi connectivity index (χ1n) is 8.91. The summed E-state index contributed by atoms with van der Waals surface area (Å²) in [6.07, 6.45) is 0.812. The molecule has 1 N–H and O–H groups in total. The number of anilines is 1. The Morgan fingerprint density at radius 1 is 1.04 bits per heavy atom. The van der Waals surface area contributed by atoms with E-state index in [9.17, 15) is 0 Å². The van der Waals surface area contributed by atoms with Crippen molar-refractivity contribution in [3.05, 3.63) is 51.6 Å². The first-order chi connectivity index (χ1) is 13.0. The van der Waals surface area contributed by atoms with Gasteiger partial charge in [-0.15, -0.1) is 0 Å². The summed E-state index contributed by atoms with van der Waals surface area (Å²) in [4.78, 5) is 4.56. The summed E-state index contributed by atoms with van der Waals surface area (Å²) >= 11 is 11.9. The maximum Gasteiger partial charge on any atom is 0.160 e. The summed E-state index contributed by atoms with van der Waals surface area (Å²) in [6, 6.07) is 9.82. The quantitative estimate of drug-likeness (QED) is 0.585. The highest BCUT2D eigenvalue weighted by molar-refractivity contribution is 6.58. The highest BCUT2D eigenvalue weighted by Gasteiger charge is 2.10. The summed E-state index contributed by atoms with van der Waals surface area (Å²) in [5.74, 6) is 2.22. The summed E-state index contributed by atoms with van der Waals surface area (Å²) in [5, 5.41) is 3.37. The molecule has 0 spiro atoms. The molecule has 0 aliphatic heterocycles. The fourth-order valence-electron chi connectivity index (χ4n) is 2.46. The van der Waals surface area contributed by atoms with Gasteiger partial charge in [-0.2, -0.15) is 0 Å². The molecular formula is C21H28Cl2N2O2. The number of halogens is 2. The molecule has 0 aliphatic rings. The molecule has 1 aromatic heterocycles. The Balaban J connectivity index is 0.00000176. The van der Waals surface area contributed by atoms with E-state index < -0.39 is 0 Å². The Morgan fingerprint density at radius 2 is 1.70 bits per heavy atom. The molecular weight excluding hydrogens is 383 g/mol. The fourth-order valence-corrected chi connectivity index (χ4v) is 2.66. The van der Waals surface area contributed by atoms with Crippen molar-refractivity contribution >= 4 is 34.6 Å². The molecule has 27 heavy (non-hydrogen) atoms. The monoisotopic (exact) mass is 410 g/mol. The average molecular weight is 411 g/mol. The van der Waals surface area contributed by atoms with Gasteiger partial charge in [0.25, 0.3) is 0 Å². The lowest BCUT2D eigenvalue weighted by molar-refractivity contribution is 0.354. The van der Waals surface area contributed by atoms with Gasteiger partial charge in [-0.1, -0.05) is 43.1 Å². The number of hydrogen-bond acceptors (Lipinski definition) is 4. The lowest BCUT2D eigenvalue weighted by Gasteiger charge is -2.13. The minimum atomic E-state index is 0.244. The number of nitrogens with one attached hydrogen (secondary N) is 1. The lowest BCUT2D eigenvalue weighted by Crippen LogP contribution is -2.09. The van der Waals surface area contributed by atoms with Crippen LogP contribution in [-0.4, -0.2) is 25.7 Å². The van der Waals surface area contributed by atoms with Crippen molar-refractivity contribution in [2.75, 3.05) is 26.1 Å². The summed E-state index contributed by atoms with van der Waals surface area (Å²) in [5.41, 5.74) is 3.76. The molecule has 6 heteroatoms. The molecule has 2 aromatic rings. The van der Waals surface area contributed by atoms with Crippen LogP contribution in [0.4, 0.5) is 5.82 Å². The summed E-state index contributed by atoms with van der Waals surface area (Å²) in [7, 11) is 3.26. The minimum absolute atomic E-state index is 0.244. The summed E-state index contributed by atoms with van der Waals surface area (Å²) in [6.45, 7) is 8.54. The number of benzene rings is 1. The highest BCUT2D eigenvalue weighted by Crippen LogP contribution is 2.29. The van der Waals surface area contributed by atoms with Gasteiger partial charge in [-0.3, -0.25) is 0 Å². The van der Waals surface area contributed by atoms with Crippen LogP contribution in [0, 0.1) is 6.92 Å². The molecule has 0 aliphatic carbocycles. The number of methoxy groups -OCH3 is 2. The van der Waals surface area contributed by atoms with Crippen LogP contribution >= 0.6 is 23.2 Å². The van der Waals surface area contributed by atoms with E-state index in [-0.39, 0.29) is 4.49 Å². The topological polar surface area (TPSA) is 43.4 Å². The van der Waals surface area contributed by atoms with E-state index in [1.54, 1.807) is 14.2 Å². The molecule has 1 heterocycles. The van der Waals surface area contributed by atoms with Crippen molar-refractivity contribution in [2.24, 2.45) is 0 Å². The Morgan fingerprint density at radius 3 is 2.30 bits per heavy atom. The third-order valence-corrected chi connectivity index (χ3v) is 4.44.